The standard InChI is InChI=1S/C16H14F2N2O4/c1-23-15(22)9-6-11-13(12(21)7-9)14(20-19-11)8-3-2-4-10(5-8)24-16(17)18/h2-5,9,16H,6-7H2,1H3,(H,19,20). The summed E-state index contributed by atoms with van der Waals surface area (Å²) in [6.07, 6.45) is 0.341. The number of carbonyl (C=O) groups is 2. The summed E-state index contributed by atoms with van der Waals surface area (Å²) in [6.45, 7) is -2.93. The van der Waals surface area contributed by atoms with Crippen LogP contribution in [0.4, 0.5) is 8.78 Å². The molecule has 0 bridgehead atoms. The number of alkyl halides is 2. The molecular formula is C16H14F2N2O4. The molecule has 3 rings (SSSR count). The minimum atomic E-state index is -2.93. The van der Waals surface area contributed by atoms with Gasteiger partial charge < -0.3 is 9.47 Å². The number of carbonyl (C=O) groups excluding carboxylic acids is 2. The Morgan fingerprint density at radius 1 is 1.38 bits per heavy atom. The molecule has 1 N–H and O–H groups in total. The second-order valence-electron chi connectivity index (χ2n) is 5.38. The smallest absolute Gasteiger partial charge is 0.387 e. The lowest BCUT2D eigenvalue weighted by molar-refractivity contribution is -0.145. The number of Topliss-reactive ketones (excluding diaryl/α,β-unsaturated/α-hetero) is 1. The van der Waals surface area contributed by atoms with Crippen LogP contribution >= 0.6 is 0 Å². The molecule has 2 aromatic rings. The molecule has 1 atom stereocenters. The van der Waals surface area contributed by atoms with Crippen LogP contribution in [0.1, 0.15) is 22.5 Å². The number of ketones is 1. The van der Waals surface area contributed by atoms with Gasteiger partial charge in [0.25, 0.3) is 0 Å². The summed E-state index contributed by atoms with van der Waals surface area (Å²) in [5, 5.41) is 6.87. The fraction of sp³-hybridized carbons (Fsp3) is 0.312. The Balaban J connectivity index is 1.94. The SMILES string of the molecule is COC(=O)C1CC(=O)c2c(-c3cccc(OC(F)F)c3)n[nH]c2C1. The van der Waals surface area contributed by atoms with Crippen molar-refractivity contribution in [2.24, 2.45) is 5.92 Å². The predicted molar refractivity (Wildman–Crippen MR) is 78.8 cm³/mol. The molecule has 8 heteroatoms. The monoisotopic (exact) mass is 336 g/mol. The summed E-state index contributed by atoms with van der Waals surface area (Å²) < 4.78 is 33.7. The molecule has 0 spiro atoms. The van der Waals surface area contributed by atoms with Crippen LogP contribution in [-0.4, -0.2) is 35.7 Å². The van der Waals surface area contributed by atoms with E-state index in [2.05, 4.69) is 19.7 Å². The maximum atomic E-state index is 12.4. The lowest BCUT2D eigenvalue weighted by Gasteiger charge is -2.19. The van der Waals surface area contributed by atoms with Crippen LogP contribution in [0.2, 0.25) is 0 Å². The number of fused-ring (bicyclic) bond motifs is 1. The molecule has 1 aliphatic carbocycles. The average Bonchev–Trinajstić information content (AvgIpc) is 2.98. The molecule has 24 heavy (non-hydrogen) atoms. The van der Waals surface area contributed by atoms with Crippen molar-refractivity contribution < 1.29 is 27.8 Å². The highest BCUT2D eigenvalue weighted by molar-refractivity contribution is 6.05. The van der Waals surface area contributed by atoms with E-state index >= 15 is 0 Å². The first kappa shape index (κ1) is 16.1. The van der Waals surface area contributed by atoms with E-state index in [1.807, 2.05) is 0 Å². The molecule has 0 amide bonds. The van der Waals surface area contributed by atoms with Crippen molar-refractivity contribution in [1.29, 1.82) is 0 Å². The molecule has 1 aliphatic rings. The van der Waals surface area contributed by atoms with E-state index in [9.17, 15) is 18.4 Å². The van der Waals surface area contributed by atoms with Crippen LogP contribution in [0.15, 0.2) is 24.3 Å². The first-order chi connectivity index (χ1) is 11.5. The minimum absolute atomic E-state index is 0.0186. The molecule has 1 heterocycles. The number of H-pyrrole nitrogens is 1. The van der Waals surface area contributed by atoms with Crippen molar-refractivity contribution in [2.75, 3.05) is 7.11 Å². The van der Waals surface area contributed by atoms with Gasteiger partial charge in [0.2, 0.25) is 0 Å². The molecule has 1 unspecified atom stereocenters. The predicted octanol–water partition coefficient (Wildman–Crippen LogP) is 2.60. The van der Waals surface area contributed by atoms with Crippen LogP contribution in [0.5, 0.6) is 5.75 Å². The van der Waals surface area contributed by atoms with Crippen molar-refractivity contribution in [3.8, 4) is 17.0 Å². The van der Waals surface area contributed by atoms with Crippen molar-refractivity contribution in [3.63, 3.8) is 0 Å². The molecule has 0 saturated heterocycles. The number of rotatable bonds is 4. The Kier molecular flexibility index (Phi) is 4.28. The van der Waals surface area contributed by atoms with Crippen molar-refractivity contribution in [1.82, 2.24) is 10.2 Å². The van der Waals surface area contributed by atoms with E-state index < -0.39 is 18.5 Å². The number of aromatic amines is 1. The third kappa shape index (κ3) is 2.99. The lowest BCUT2D eigenvalue weighted by Crippen LogP contribution is -2.27. The van der Waals surface area contributed by atoms with Crippen LogP contribution in [-0.2, 0) is 16.0 Å². The van der Waals surface area contributed by atoms with Crippen LogP contribution in [0.3, 0.4) is 0 Å². The summed E-state index contributed by atoms with van der Waals surface area (Å²) in [7, 11) is 1.27. The Labute approximate surface area is 135 Å². The number of hydrogen-bond donors (Lipinski definition) is 1. The van der Waals surface area contributed by atoms with E-state index in [0.29, 0.717) is 28.9 Å². The number of ether oxygens (including phenoxy) is 2. The second-order valence-corrected chi connectivity index (χ2v) is 5.38. The minimum Gasteiger partial charge on any atom is -0.469 e. The van der Waals surface area contributed by atoms with Gasteiger partial charge in [0.1, 0.15) is 11.4 Å². The summed E-state index contributed by atoms with van der Waals surface area (Å²) >= 11 is 0. The van der Waals surface area contributed by atoms with E-state index in [1.165, 1.54) is 19.2 Å². The average molecular weight is 336 g/mol. The third-order valence-corrected chi connectivity index (χ3v) is 3.87. The molecular weight excluding hydrogens is 322 g/mol. The molecule has 126 valence electrons. The number of esters is 1. The number of hydrogen-bond acceptors (Lipinski definition) is 5. The Hall–Kier alpha value is -2.77. The first-order valence-corrected chi connectivity index (χ1v) is 7.23. The molecule has 0 radical (unpaired) electrons. The van der Waals surface area contributed by atoms with E-state index in [4.69, 9.17) is 0 Å². The normalized spacial score (nSPS) is 16.8. The lowest BCUT2D eigenvalue weighted by atomic mass is 9.85. The van der Waals surface area contributed by atoms with Gasteiger partial charge in [-0.15, -0.1) is 0 Å². The molecule has 0 aliphatic heterocycles. The quantitative estimate of drug-likeness (QED) is 0.868. The zero-order valence-electron chi connectivity index (χ0n) is 12.7. The number of halogens is 2. The molecule has 0 fully saturated rings. The van der Waals surface area contributed by atoms with E-state index in [0.717, 1.165) is 0 Å². The Morgan fingerprint density at radius 2 is 2.17 bits per heavy atom. The largest absolute Gasteiger partial charge is 0.469 e. The maximum Gasteiger partial charge on any atom is 0.387 e. The van der Waals surface area contributed by atoms with Crippen molar-refractivity contribution in [2.45, 2.75) is 19.5 Å². The van der Waals surface area contributed by atoms with Gasteiger partial charge >= 0.3 is 12.6 Å². The fourth-order valence-electron chi connectivity index (χ4n) is 2.83. The van der Waals surface area contributed by atoms with Crippen LogP contribution < -0.4 is 4.74 Å². The van der Waals surface area contributed by atoms with Gasteiger partial charge in [0, 0.05) is 24.1 Å². The summed E-state index contributed by atoms with van der Waals surface area (Å²) in [5.41, 5.74) is 1.76. The highest BCUT2D eigenvalue weighted by Gasteiger charge is 2.34. The highest BCUT2D eigenvalue weighted by atomic mass is 19.3. The van der Waals surface area contributed by atoms with E-state index in [-0.39, 0.29) is 18.0 Å². The number of aromatic nitrogens is 2. The van der Waals surface area contributed by atoms with Gasteiger partial charge in [0.05, 0.1) is 18.6 Å². The zero-order chi connectivity index (χ0) is 17.3. The van der Waals surface area contributed by atoms with Crippen molar-refractivity contribution in [3.05, 3.63) is 35.5 Å². The molecule has 0 saturated carbocycles. The van der Waals surface area contributed by atoms with Gasteiger partial charge in [0.15, 0.2) is 5.78 Å². The summed E-state index contributed by atoms with van der Waals surface area (Å²) in [4.78, 5) is 24.1. The number of benzene rings is 1. The van der Waals surface area contributed by atoms with Gasteiger partial charge in [-0.05, 0) is 12.1 Å². The molecule has 6 nitrogen and oxygen atoms in total. The van der Waals surface area contributed by atoms with Gasteiger partial charge in [-0.3, -0.25) is 14.7 Å². The molecule has 1 aromatic carbocycles. The van der Waals surface area contributed by atoms with Crippen LogP contribution in [0, 0.1) is 5.92 Å². The van der Waals surface area contributed by atoms with Gasteiger partial charge in [-0.1, -0.05) is 12.1 Å². The zero-order valence-corrected chi connectivity index (χ0v) is 12.7. The van der Waals surface area contributed by atoms with Gasteiger partial charge in [-0.2, -0.15) is 13.9 Å². The fourth-order valence-corrected chi connectivity index (χ4v) is 2.83. The Bertz CT molecular complexity index is 788. The first-order valence-electron chi connectivity index (χ1n) is 7.23. The van der Waals surface area contributed by atoms with Crippen molar-refractivity contribution >= 4 is 11.8 Å². The highest BCUT2D eigenvalue weighted by Crippen LogP contribution is 2.33. The van der Waals surface area contributed by atoms with E-state index in [1.54, 1.807) is 12.1 Å². The summed E-state index contributed by atoms with van der Waals surface area (Å²) in [5.74, 6) is -1.25. The molecule has 1 aromatic heterocycles. The topological polar surface area (TPSA) is 81.3 Å². The number of nitrogens with zero attached hydrogens (tertiary/aromatic N) is 1. The van der Waals surface area contributed by atoms with Crippen LogP contribution in [0.25, 0.3) is 11.3 Å². The third-order valence-electron chi connectivity index (χ3n) is 3.87. The summed E-state index contributed by atoms with van der Waals surface area (Å²) in [6, 6.07) is 5.97. The second kappa shape index (κ2) is 6.38. The number of nitrogens with one attached hydrogen (secondary N) is 1. The Morgan fingerprint density at radius 3 is 2.88 bits per heavy atom. The maximum absolute atomic E-state index is 12.4. The van der Waals surface area contributed by atoms with Gasteiger partial charge in [-0.25, -0.2) is 0 Å². The number of methoxy groups -OCH3 is 1.